The third-order valence-electron chi connectivity index (χ3n) is 5.10. The molecule has 1 aliphatic heterocycles. The fourth-order valence-corrected chi connectivity index (χ4v) is 4.33. The highest BCUT2D eigenvalue weighted by molar-refractivity contribution is 7.20. The molecule has 1 aromatic carbocycles. The van der Waals surface area contributed by atoms with Crippen LogP contribution in [0.5, 0.6) is 0 Å². The fraction of sp³-hybridized carbons (Fsp3) is 0.529. The first-order valence-electron chi connectivity index (χ1n) is 7.76. The molecular weight excluding hydrogens is 279 g/mol. The van der Waals surface area contributed by atoms with Gasteiger partial charge in [0, 0.05) is 15.0 Å². The highest BCUT2D eigenvalue weighted by Gasteiger charge is 2.53. The largest absolute Gasteiger partial charge is 0.496 e. The van der Waals surface area contributed by atoms with Gasteiger partial charge in [-0.2, -0.15) is 0 Å². The molecule has 2 aromatic rings. The molecule has 0 spiro atoms. The molecule has 2 aliphatic rings. The molecule has 21 heavy (non-hydrogen) atoms. The van der Waals surface area contributed by atoms with Gasteiger partial charge < -0.3 is 9.31 Å². The van der Waals surface area contributed by atoms with Gasteiger partial charge in [-0.15, -0.1) is 11.3 Å². The number of thiophene rings is 1. The van der Waals surface area contributed by atoms with Crippen LogP contribution in [-0.2, 0) is 9.31 Å². The van der Waals surface area contributed by atoms with E-state index in [2.05, 4.69) is 52.0 Å². The van der Waals surface area contributed by atoms with Crippen molar-refractivity contribution in [2.45, 2.75) is 57.7 Å². The molecule has 0 unspecified atom stereocenters. The summed E-state index contributed by atoms with van der Waals surface area (Å²) in [5, 5.41) is 1.31. The zero-order chi connectivity index (χ0) is 14.8. The highest BCUT2D eigenvalue weighted by Crippen LogP contribution is 2.46. The average molecular weight is 300 g/mol. The molecule has 0 radical (unpaired) electrons. The van der Waals surface area contributed by atoms with Crippen LogP contribution in [0.15, 0.2) is 24.3 Å². The van der Waals surface area contributed by atoms with E-state index in [1.807, 2.05) is 11.3 Å². The number of fused-ring (bicyclic) bond motifs is 1. The minimum Gasteiger partial charge on any atom is -0.399 e. The van der Waals surface area contributed by atoms with Gasteiger partial charge in [-0.25, -0.2) is 0 Å². The Morgan fingerprint density at radius 1 is 1.05 bits per heavy atom. The maximum Gasteiger partial charge on any atom is 0.496 e. The van der Waals surface area contributed by atoms with Crippen molar-refractivity contribution in [3.05, 3.63) is 29.1 Å². The third kappa shape index (κ3) is 2.08. The Labute approximate surface area is 130 Å². The van der Waals surface area contributed by atoms with Gasteiger partial charge in [-0.05, 0) is 57.9 Å². The SMILES string of the molecule is CC1(C)OB(c2c(C3CC3)sc3ccccc23)OC1(C)C. The van der Waals surface area contributed by atoms with E-state index < -0.39 is 0 Å². The summed E-state index contributed by atoms with van der Waals surface area (Å²) >= 11 is 1.92. The van der Waals surface area contributed by atoms with Crippen LogP contribution in [0.1, 0.15) is 51.3 Å². The van der Waals surface area contributed by atoms with Crippen LogP contribution in [-0.4, -0.2) is 18.3 Å². The summed E-state index contributed by atoms with van der Waals surface area (Å²) in [5.74, 6) is 0.719. The first-order valence-corrected chi connectivity index (χ1v) is 8.58. The predicted octanol–water partition coefficient (Wildman–Crippen LogP) is 4.08. The van der Waals surface area contributed by atoms with Crippen molar-refractivity contribution in [3.63, 3.8) is 0 Å². The third-order valence-corrected chi connectivity index (χ3v) is 6.45. The molecule has 4 heteroatoms. The lowest BCUT2D eigenvalue weighted by Crippen LogP contribution is -2.41. The molecule has 1 aromatic heterocycles. The summed E-state index contributed by atoms with van der Waals surface area (Å²) in [6.07, 6.45) is 2.61. The summed E-state index contributed by atoms with van der Waals surface area (Å²) in [6.45, 7) is 8.49. The Balaban J connectivity index is 1.85. The lowest BCUT2D eigenvalue weighted by Gasteiger charge is -2.32. The first-order chi connectivity index (χ1) is 9.89. The van der Waals surface area contributed by atoms with E-state index in [0.717, 1.165) is 5.92 Å². The van der Waals surface area contributed by atoms with Crippen LogP contribution in [0.3, 0.4) is 0 Å². The summed E-state index contributed by atoms with van der Waals surface area (Å²) in [4.78, 5) is 1.48. The van der Waals surface area contributed by atoms with Crippen LogP contribution < -0.4 is 5.46 Å². The molecule has 2 fully saturated rings. The molecule has 0 N–H and O–H groups in total. The van der Waals surface area contributed by atoms with Crippen LogP contribution in [0, 0.1) is 0 Å². The number of benzene rings is 1. The molecule has 110 valence electrons. The van der Waals surface area contributed by atoms with Gasteiger partial charge in [0.15, 0.2) is 0 Å². The van der Waals surface area contributed by atoms with Crippen molar-refractivity contribution < 1.29 is 9.31 Å². The topological polar surface area (TPSA) is 18.5 Å². The minimum atomic E-state index is -0.276. The first kappa shape index (κ1) is 13.8. The number of hydrogen-bond acceptors (Lipinski definition) is 3. The van der Waals surface area contributed by atoms with Gasteiger partial charge >= 0.3 is 7.12 Å². The van der Waals surface area contributed by atoms with Crippen molar-refractivity contribution in [3.8, 4) is 0 Å². The van der Waals surface area contributed by atoms with Crippen LogP contribution in [0.4, 0.5) is 0 Å². The number of rotatable bonds is 2. The molecular formula is C17H21BO2S. The molecule has 1 saturated carbocycles. The lowest BCUT2D eigenvalue weighted by atomic mass is 9.76. The van der Waals surface area contributed by atoms with Crippen LogP contribution in [0.2, 0.25) is 0 Å². The average Bonchev–Trinajstić information content (AvgIpc) is 3.13. The Kier molecular flexibility index (Phi) is 2.85. The van der Waals surface area contributed by atoms with E-state index in [4.69, 9.17) is 9.31 Å². The molecule has 2 heterocycles. The smallest absolute Gasteiger partial charge is 0.399 e. The van der Waals surface area contributed by atoms with Crippen LogP contribution in [0.25, 0.3) is 10.1 Å². The molecule has 0 amide bonds. The minimum absolute atomic E-state index is 0.234. The van der Waals surface area contributed by atoms with E-state index in [9.17, 15) is 0 Å². The monoisotopic (exact) mass is 300 g/mol. The molecule has 1 aliphatic carbocycles. The second-order valence-electron chi connectivity index (χ2n) is 7.24. The lowest BCUT2D eigenvalue weighted by molar-refractivity contribution is 0.00578. The van der Waals surface area contributed by atoms with Crippen molar-refractivity contribution in [2.24, 2.45) is 0 Å². The van der Waals surface area contributed by atoms with Crippen LogP contribution >= 0.6 is 11.3 Å². The summed E-state index contributed by atoms with van der Waals surface area (Å²) in [7, 11) is -0.234. The summed E-state index contributed by atoms with van der Waals surface area (Å²) in [6, 6.07) is 8.64. The van der Waals surface area contributed by atoms with Gasteiger partial charge in [-0.1, -0.05) is 18.2 Å². The molecule has 4 rings (SSSR count). The fourth-order valence-electron chi connectivity index (χ4n) is 2.94. The number of hydrogen-bond donors (Lipinski definition) is 0. The predicted molar refractivity (Wildman–Crippen MR) is 89.5 cm³/mol. The van der Waals surface area contributed by atoms with Crippen molar-refractivity contribution >= 4 is 34.0 Å². The van der Waals surface area contributed by atoms with Crippen molar-refractivity contribution in [1.82, 2.24) is 0 Å². The molecule has 1 saturated heterocycles. The standard InChI is InChI=1S/C17H21BO2S/c1-16(2)17(3,4)20-18(19-16)14-12-7-5-6-8-13(12)21-15(14)11-9-10-11/h5-8,11H,9-10H2,1-4H3. The normalized spacial score (nSPS) is 23.9. The molecule has 0 atom stereocenters. The van der Waals surface area contributed by atoms with E-state index in [1.165, 1.54) is 33.3 Å². The highest BCUT2D eigenvalue weighted by atomic mass is 32.1. The Hall–Kier alpha value is -0.835. The summed E-state index contributed by atoms with van der Waals surface area (Å²) < 4.78 is 14.0. The zero-order valence-corrected chi connectivity index (χ0v) is 13.9. The van der Waals surface area contributed by atoms with Gasteiger partial charge in [0.25, 0.3) is 0 Å². The Bertz CT molecular complexity index is 684. The zero-order valence-electron chi connectivity index (χ0n) is 13.1. The van der Waals surface area contributed by atoms with Crippen molar-refractivity contribution in [1.29, 1.82) is 0 Å². The van der Waals surface area contributed by atoms with E-state index in [-0.39, 0.29) is 18.3 Å². The van der Waals surface area contributed by atoms with E-state index in [1.54, 1.807) is 0 Å². The molecule has 2 nitrogen and oxygen atoms in total. The maximum atomic E-state index is 6.32. The second kappa shape index (κ2) is 4.34. The Morgan fingerprint density at radius 3 is 2.29 bits per heavy atom. The van der Waals surface area contributed by atoms with Gasteiger partial charge in [-0.3, -0.25) is 0 Å². The second-order valence-corrected chi connectivity index (χ2v) is 8.32. The Morgan fingerprint density at radius 2 is 1.67 bits per heavy atom. The van der Waals surface area contributed by atoms with E-state index in [0.29, 0.717) is 0 Å². The maximum absolute atomic E-state index is 6.32. The quantitative estimate of drug-likeness (QED) is 0.778. The van der Waals surface area contributed by atoms with Crippen molar-refractivity contribution in [2.75, 3.05) is 0 Å². The van der Waals surface area contributed by atoms with Gasteiger partial charge in [0.1, 0.15) is 0 Å². The van der Waals surface area contributed by atoms with Gasteiger partial charge in [0.2, 0.25) is 0 Å². The molecule has 0 bridgehead atoms. The van der Waals surface area contributed by atoms with E-state index >= 15 is 0 Å². The summed E-state index contributed by atoms with van der Waals surface area (Å²) in [5.41, 5.74) is 0.736. The van der Waals surface area contributed by atoms with Gasteiger partial charge in [0.05, 0.1) is 11.2 Å².